The van der Waals surface area contributed by atoms with Crippen LogP contribution in [0, 0.1) is 17.8 Å². The van der Waals surface area contributed by atoms with Gasteiger partial charge in [0.25, 0.3) is 0 Å². The molecule has 0 radical (unpaired) electrons. The van der Waals surface area contributed by atoms with Crippen molar-refractivity contribution in [1.82, 2.24) is 9.80 Å². The lowest BCUT2D eigenvalue weighted by Crippen LogP contribution is -2.41. The number of carbonyl (C=O) groups excluding carboxylic acids is 2. The number of nitrogens with zero attached hydrogens (tertiary/aromatic N) is 2. The molecule has 128 valence electrons. The fourth-order valence-electron chi connectivity index (χ4n) is 4.28. The summed E-state index contributed by atoms with van der Waals surface area (Å²) in [6.07, 6.45) is 3.99. The molecule has 0 spiro atoms. The van der Waals surface area contributed by atoms with E-state index in [2.05, 4.69) is 25.1 Å². The molecule has 4 rings (SSSR count). The molecule has 3 aliphatic rings. The van der Waals surface area contributed by atoms with Gasteiger partial charge in [-0.2, -0.15) is 0 Å². The van der Waals surface area contributed by atoms with Gasteiger partial charge in [0.1, 0.15) is 0 Å². The predicted octanol–water partition coefficient (Wildman–Crippen LogP) is 2.47. The molecule has 2 amide bonds. The standard InChI is InChI=1S/C20H26N2O2/c1-14-5-4-9-21(12-14)19(23)17-11-18(17)20(24)22-10-8-15-6-2-3-7-16(15)13-22/h2-3,6-7,14,17-18H,4-5,8-13H2,1H3. The Hall–Kier alpha value is -1.84. The lowest BCUT2D eigenvalue weighted by atomic mass is 9.99. The van der Waals surface area contributed by atoms with E-state index in [4.69, 9.17) is 0 Å². The van der Waals surface area contributed by atoms with Crippen LogP contribution in [0.4, 0.5) is 0 Å². The monoisotopic (exact) mass is 326 g/mol. The third-order valence-corrected chi connectivity index (χ3v) is 5.84. The van der Waals surface area contributed by atoms with Crippen LogP contribution in [0.3, 0.4) is 0 Å². The number of likely N-dealkylation sites (tertiary alicyclic amines) is 1. The summed E-state index contributed by atoms with van der Waals surface area (Å²) in [5, 5.41) is 0. The van der Waals surface area contributed by atoms with Gasteiger partial charge in [0.15, 0.2) is 0 Å². The minimum atomic E-state index is -0.0694. The lowest BCUT2D eigenvalue weighted by molar-refractivity contribution is -0.139. The maximum atomic E-state index is 12.8. The number of hydrogen-bond acceptors (Lipinski definition) is 2. The summed E-state index contributed by atoms with van der Waals surface area (Å²) in [5.74, 6) is 0.874. The molecule has 1 aliphatic carbocycles. The Morgan fingerprint density at radius 2 is 1.71 bits per heavy atom. The van der Waals surface area contributed by atoms with Crippen LogP contribution in [-0.2, 0) is 22.6 Å². The lowest BCUT2D eigenvalue weighted by Gasteiger charge is -2.31. The van der Waals surface area contributed by atoms with Crippen molar-refractivity contribution >= 4 is 11.8 Å². The number of hydrogen-bond donors (Lipinski definition) is 0. The Balaban J connectivity index is 1.36. The quantitative estimate of drug-likeness (QED) is 0.838. The third-order valence-electron chi connectivity index (χ3n) is 5.84. The van der Waals surface area contributed by atoms with Gasteiger partial charge in [-0.15, -0.1) is 0 Å². The molecule has 1 saturated carbocycles. The van der Waals surface area contributed by atoms with Crippen LogP contribution >= 0.6 is 0 Å². The van der Waals surface area contributed by atoms with Crippen LogP contribution in [0.5, 0.6) is 0 Å². The highest BCUT2D eigenvalue weighted by atomic mass is 16.2. The Morgan fingerprint density at radius 1 is 1.00 bits per heavy atom. The fraction of sp³-hybridized carbons (Fsp3) is 0.600. The molecule has 1 aromatic rings. The van der Waals surface area contributed by atoms with Crippen LogP contribution in [0.2, 0.25) is 0 Å². The highest BCUT2D eigenvalue weighted by Gasteiger charge is 2.51. The van der Waals surface area contributed by atoms with Crippen molar-refractivity contribution in [1.29, 1.82) is 0 Å². The number of benzene rings is 1. The second kappa shape index (κ2) is 6.23. The number of amides is 2. The molecule has 2 aliphatic heterocycles. The van der Waals surface area contributed by atoms with Crippen molar-refractivity contribution in [3.05, 3.63) is 35.4 Å². The summed E-state index contributed by atoms with van der Waals surface area (Å²) < 4.78 is 0. The second-order valence-corrected chi connectivity index (χ2v) is 7.76. The first-order valence-corrected chi connectivity index (χ1v) is 9.28. The molecule has 4 heteroatoms. The smallest absolute Gasteiger partial charge is 0.226 e. The van der Waals surface area contributed by atoms with Gasteiger partial charge in [-0.05, 0) is 42.7 Å². The van der Waals surface area contributed by atoms with E-state index in [9.17, 15) is 9.59 Å². The molecule has 1 saturated heterocycles. The zero-order chi connectivity index (χ0) is 16.7. The third kappa shape index (κ3) is 2.94. The van der Waals surface area contributed by atoms with Crippen molar-refractivity contribution in [3.63, 3.8) is 0 Å². The molecule has 3 unspecified atom stereocenters. The molecule has 1 aromatic carbocycles. The molecule has 2 fully saturated rings. The van der Waals surface area contributed by atoms with Gasteiger partial charge in [0.2, 0.25) is 11.8 Å². The normalized spacial score (nSPS) is 29.1. The van der Waals surface area contributed by atoms with Crippen molar-refractivity contribution < 1.29 is 9.59 Å². The largest absolute Gasteiger partial charge is 0.342 e. The molecular weight excluding hydrogens is 300 g/mol. The van der Waals surface area contributed by atoms with Crippen molar-refractivity contribution in [3.8, 4) is 0 Å². The number of rotatable bonds is 2. The Bertz CT molecular complexity index is 657. The van der Waals surface area contributed by atoms with Gasteiger partial charge in [-0.25, -0.2) is 0 Å². The van der Waals surface area contributed by atoms with E-state index in [1.165, 1.54) is 17.5 Å². The maximum absolute atomic E-state index is 12.8. The molecular formula is C20H26N2O2. The average molecular weight is 326 g/mol. The van der Waals surface area contributed by atoms with E-state index in [1.54, 1.807) is 0 Å². The molecule has 4 nitrogen and oxygen atoms in total. The van der Waals surface area contributed by atoms with E-state index in [0.717, 1.165) is 38.9 Å². The first kappa shape index (κ1) is 15.7. The molecule has 0 aromatic heterocycles. The Kier molecular flexibility index (Phi) is 4.07. The molecule has 24 heavy (non-hydrogen) atoms. The minimum Gasteiger partial charge on any atom is -0.342 e. The van der Waals surface area contributed by atoms with Crippen molar-refractivity contribution in [2.45, 2.75) is 39.2 Å². The summed E-state index contributed by atoms with van der Waals surface area (Å²) >= 11 is 0. The second-order valence-electron chi connectivity index (χ2n) is 7.76. The van der Waals surface area contributed by atoms with Crippen LogP contribution in [-0.4, -0.2) is 41.2 Å². The molecule has 0 N–H and O–H groups in total. The highest BCUT2D eigenvalue weighted by Crippen LogP contribution is 2.42. The summed E-state index contributed by atoms with van der Waals surface area (Å²) in [7, 11) is 0. The van der Waals surface area contributed by atoms with Gasteiger partial charge in [0, 0.05) is 26.2 Å². The summed E-state index contributed by atoms with van der Waals surface area (Å²) in [4.78, 5) is 29.4. The molecule has 0 bridgehead atoms. The van der Waals surface area contributed by atoms with Crippen LogP contribution in [0.1, 0.15) is 37.3 Å². The van der Waals surface area contributed by atoms with Crippen molar-refractivity contribution in [2.75, 3.05) is 19.6 Å². The van der Waals surface area contributed by atoms with Crippen LogP contribution < -0.4 is 0 Å². The van der Waals surface area contributed by atoms with Crippen molar-refractivity contribution in [2.24, 2.45) is 17.8 Å². The maximum Gasteiger partial charge on any atom is 0.226 e. The molecule has 2 heterocycles. The van der Waals surface area contributed by atoms with Gasteiger partial charge in [0.05, 0.1) is 11.8 Å². The van der Waals surface area contributed by atoms with E-state index in [1.807, 2.05) is 15.9 Å². The molecule has 3 atom stereocenters. The number of fused-ring (bicyclic) bond motifs is 1. The van der Waals surface area contributed by atoms with Gasteiger partial charge < -0.3 is 9.80 Å². The number of carbonyl (C=O) groups is 2. The first-order chi connectivity index (χ1) is 11.6. The SMILES string of the molecule is CC1CCCN(C(=O)C2CC2C(=O)N2CCc3ccccc3C2)C1. The van der Waals surface area contributed by atoms with Crippen LogP contribution in [0.15, 0.2) is 24.3 Å². The Morgan fingerprint density at radius 3 is 2.46 bits per heavy atom. The van der Waals surface area contributed by atoms with E-state index in [0.29, 0.717) is 12.5 Å². The summed E-state index contributed by atoms with van der Waals surface area (Å²) in [6.45, 7) is 5.44. The zero-order valence-electron chi connectivity index (χ0n) is 14.4. The number of piperidine rings is 1. The summed E-state index contributed by atoms with van der Waals surface area (Å²) in [5.41, 5.74) is 2.61. The van der Waals surface area contributed by atoms with Crippen LogP contribution in [0.25, 0.3) is 0 Å². The van der Waals surface area contributed by atoms with E-state index >= 15 is 0 Å². The van der Waals surface area contributed by atoms with Gasteiger partial charge in [-0.1, -0.05) is 31.2 Å². The topological polar surface area (TPSA) is 40.6 Å². The Labute approximate surface area is 143 Å². The first-order valence-electron chi connectivity index (χ1n) is 9.28. The van der Waals surface area contributed by atoms with Gasteiger partial charge in [-0.3, -0.25) is 9.59 Å². The predicted molar refractivity (Wildman–Crippen MR) is 92.1 cm³/mol. The highest BCUT2D eigenvalue weighted by molar-refractivity contribution is 5.92. The van der Waals surface area contributed by atoms with E-state index in [-0.39, 0.29) is 23.7 Å². The fourth-order valence-corrected chi connectivity index (χ4v) is 4.28. The summed E-state index contributed by atoms with van der Waals surface area (Å²) in [6, 6.07) is 8.36. The van der Waals surface area contributed by atoms with Gasteiger partial charge >= 0.3 is 0 Å². The minimum absolute atomic E-state index is 0.0556. The average Bonchev–Trinajstić information content (AvgIpc) is 3.40. The zero-order valence-corrected chi connectivity index (χ0v) is 14.4. The van der Waals surface area contributed by atoms with E-state index < -0.39 is 0 Å².